The summed E-state index contributed by atoms with van der Waals surface area (Å²) in [4.78, 5) is 18.8. The van der Waals surface area contributed by atoms with Crippen LogP contribution < -0.4 is 0 Å². The molecule has 0 aliphatic carbocycles. The first-order chi connectivity index (χ1) is 14.9. The third-order valence-corrected chi connectivity index (χ3v) is 6.15. The zero-order valence-electron chi connectivity index (χ0n) is 17.9. The van der Waals surface area contributed by atoms with Crippen molar-refractivity contribution < 1.29 is 14.3 Å². The van der Waals surface area contributed by atoms with Crippen molar-refractivity contribution in [2.24, 2.45) is 0 Å². The van der Waals surface area contributed by atoms with E-state index in [-0.39, 0.29) is 6.09 Å². The molecule has 9 heteroatoms. The molecule has 2 aliphatic rings. The first-order valence-corrected chi connectivity index (χ1v) is 11.2. The molecule has 1 aromatic carbocycles. The van der Waals surface area contributed by atoms with Gasteiger partial charge in [0.15, 0.2) is 5.82 Å². The topological polar surface area (TPSA) is 82.4 Å². The summed E-state index contributed by atoms with van der Waals surface area (Å²) in [6.07, 6.45) is 4.35. The summed E-state index contributed by atoms with van der Waals surface area (Å²) in [7, 11) is 0. The Morgan fingerprint density at radius 2 is 2.13 bits per heavy atom. The molecule has 3 aromatic rings. The van der Waals surface area contributed by atoms with E-state index in [0.717, 1.165) is 32.9 Å². The molecule has 8 nitrogen and oxygen atoms in total. The maximum atomic E-state index is 12.3. The molecule has 0 atom stereocenters. The van der Waals surface area contributed by atoms with Crippen LogP contribution in [0.25, 0.3) is 27.0 Å². The van der Waals surface area contributed by atoms with E-state index in [1.54, 1.807) is 4.90 Å². The number of benzene rings is 1. The van der Waals surface area contributed by atoms with Crippen LogP contribution in [-0.2, 0) is 9.47 Å². The van der Waals surface area contributed by atoms with Gasteiger partial charge in [0.1, 0.15) is 10.6 Å². The maximum Gasteiger partial charge on any atom is 0.410 e. The highest BCUT2D eigenvalue weighted by Gasteiger charge is 2.25. The van der Waals surface area contributed by atoms with Crippen LogP contribution in [-0.4, -0.2) is 62.0 Å². The summed E-state index contributed by atoms with van der Waals surface area (Å²) < 4.78 is 17.4. The minimum absolute atomic E-state index is 0.281. The maximum absolute atomic E-state index is 12.3. The summed E-state index contributed by atoms with van der Waals surface area (Å²) in [6.45, 7) is 8.15. The number of carbonyl (C=O) groups is 1. The number of hydrogen-bond acceptors (Lipinski definition) is 7. The van der Waals surface area contributed by atoms with Gasteiger partial charge in [-0.05, 0) is 50.4 Å². The first-order valence-electron chi connectivity index (χ1n) is 10.4. The van der Waals surface area contributed by atoms with E-state index in [1.807, 2.05) is 37.7 Å². The van der Waals surface area contributed by atoms with Crippen molar-refractivity contribution in [3.05, 3.63) is 36.3 Å². The number of aromatic nitrogens is 4. The lowest BCUT2D eigenvalue weighted by Gasteiger charge is -2.29. The Bertz CT molecular complexity index is 1160. The minimum atomic E-state index is -0.491. The zero-order chi connectivity index (χ0) is 21.6. The molecule has 4 heterocycles. The summed E-state index contributed by atoms with van der Waals surface area (Å²) in [6, 6.07) is 6.57. The standard InChI is InChI=1S/C22H25N5O3S/c1-22(2,3)30-21(28)26-8-6-14(7-9-26)19-24-20(31-25-19)15-4-5-16-11-23-27(18(16)10-15)17-12-29-13-17/h4-6,10-11,17H,7-9,12-13H2,1-3H3. The average molecular weight is 440 g/mol. The zero-order valence-corrected chi connectivity index (χ0v) is 18.7. The molecule has 1 saturated heterocycles. The molecule has 0 N–H and O–H groups in total. The fourth-order valence-electron chi connectivity index (χ4n) is 3.66. The summed E-state index contributed by atoms with van der Waals surface area (Å²) in [5.74, 6) is 0.741. The lowest BCUT2D eigenvalue weighted by atomic mass is 10.1. The summed E-state index contributed by atoms with van der Waals surface area (Å²) in [5, 5.41) is 6.52. The van der Waals surface area contributed by atoms with Crippen LogP contribution in [0.5, 0.6) is 0 Å². The van der Waals surface area contributed by atoms with E-state index in [0.29, 0.717) is 38.8 Å². The van der Waals surface area contributed by atoms with Crippen LogP contribution in [0.1, 0.15) is 39.1 Å². The molecule has 1 amide bonds. The Morgan fingerprint density at radius 3 is 2.81 bits per heavy atom. The Labute approximate surface area is 184 Å². The van der Waals surface area contributed by atoms with Gasteiger partial charge >= 0.3 is 6.09 Å². The third kappa shape index (κ3) is 4.07. The van der Waals surface area contributed by atoms with Crippen LogP contribution in [0.15, 0.2) is 30.5 Å². The minimum Gasteiger partial charge on any atom is -0.444 e. The largest absolute Gasteiger partial charge is 0.444 e. The number of nitrogens with zero attached hydrogens (tertiary/aromatic N) is 5. The lowest BCUT2D eigenvalue weighted by Crippen LogP contribution is -2.39. The van der Waals surface area contributed by atoms with E-state index >= 15 is 0 Å². The van der Waals surface area contributed by atoms with Gasteiger partial charge in [-0.3, -0.25) is 4.68 Å². The van der Waals surface area contributed by atoms with Crippen molar-refractivity contribution >= 4 is 34.1 Å². The van der Waals surface area contributed by atoms with Crippen LogP contribution in [0, 0.1) is 0 Å². The smallest absolute Gasteiger partial charge is 0.410 e. The Kier molecular flexibility index (Phi) is 5.02. The van der Waals surface area contributed by atoms with Crippen molar-refractivity contribution in [2.75, 3.05) is 26.3 Å². The van der Waals surface area contributed by atoms with E-state index < -0.39 is 5.60 Å². The Morgan fingerprint density at radius 1 is 1.29 bits per heavy atom. The van der Waals surface area contributed by atoms with E-state index in [2.05, 4.69) is 27.7 Å². The second-order valence-electron chi connectivity index (χ2n) is 8.88. The van der Waals surface area contributed by atoms with Gasteiger partial charge in [-0.15, -0.1) is 0 Å². The van der Waals surface area contributed by atoms with Gasteiger partial charge < -0.3 is 14.4 Å². The van der Waals surface area contributed by atoms with Crippen LogP contribution in [0.4, 0.5) is 4.79 Å². The monoisotopic (exact) mass is 439 g/mol. The van der Waals surface area contributed by atoms with Crippen molar-refractivity contribution in [3.8, 4) is 10.6 Å². The second kappa shape index (κ2) is 7.72. The summed E-state index contributed by atoms with van der Waals surface area (Å²) in [5.41, 5.74) is 2.70. The van der Waals surface area contributed by atoms with Crippen molar-refractivity contribution in [2.45, 2.75) is 38.8 Å². The normalized spacial score (nSPS) is 17.5. The Balaban J connectivity index is 1.33. The quantitative estimate of drug-likeness (QED) is 0.610. The molecule has 0 radical (unpaired) electrons. The van der Waals surface area contributed by atoms with Gasteiger partial charge in [0, 0.05) is 24.0 Å². The lowest BCUT2D eigenvalue weighted by molar-refractivity contribution is -0.0266. The van der Waals surface area contributed by atoms with E-state index in [4.69, 9.17) is 14.5 Å². The average Bonchev–Trinajstić information content (AvgIpc) is 3.33. The number of fused-ring (bicyclic) bond motifs is 1. The van der Waals surface area contributed by atoms with Crippen LogP contribution in [0.3, 0.4) is 0 Å². The highest BCUT2D eigenvalue weighted by Crippen LogP contribution is 2.31. The number of carbonyl (C=O) groups excluding carboxylic acids is 1. The molecule has 1 fully saturated rings. The van der Waals surface area contributed by atoms with Gasteiger partial charge in [0.2, 0.25) is 0 Å². The predicted molar refractivity (Wildman–Crippen MR) is 119 cm³/mol. The molecule has 2 aliphatic heterocycles. The van der Waals surface area contributed by atoms with Gasteiger partial charge in [-0.25, -0.2) is 9.78 Å². The fourth-order valence-corrected chi connectivity index (χ4v) is 4.35. The molecular weight excluding hydrogens is 414 g/mol. The predicted octanol–water partition coefficient (Wildman–Crippen LogP) is 4.15. The SMILES string of the molecule is CC(C)(C)OC(=O)N1CC=C(c2nsc(-c3ccc4cnn(C5COC5)c4c3)n2)CC1. The van der Waals surface area contributed by atoms with E-state index in [1.165, 1.54) is 11.5 Å². The highest BCUT2D eigenvalue weighted by atomic mass is 32.1. The second-order valence-corrected chi connectivity index (χ2v) is 9.63. The number of amides is 1. The van der Waals surface area contributed by atoms with Crippen LogP contribution in [0.2, 0.25) is 0 Å². The van der Waals surface area contributed by atoms with Crippen molar-refractivity contribution in [1.82, 2.24) is 24.0 Å². The first kappa shape index (κ1) is 20.1. The third-order valence-electron chi connectivity index (χ3n) is 5.39. The van der Waals surface area contributed by atoms with Crippen molar-refractivity contribution in [3.63, 3.8) is 0 Å². The number of hydrogen-bond donors (Lipinski definition) is 0. The molecule has 162 valence electrons. The number of ether oxygens (including phenoxy) is 2. The van der Waals surface area contributed by atoms with Crippen LogP contribution >= 0.6 is 11.5 Å². The molecule has 0 spiro atoms. The van der Waals surface area contributed by atoms with Gasteiger partial charge in [-0.1, -0.05) is 18.2 Å². The molecule has 0 unspecified atom stereocenters. The molecule has 0 bridgehead atoms. The summed E-state index contributed by atoms with van der Waals surface area (Å²) >= 11 is 1.39. The van der Waals surface area contributed by atoms with Gasteiger partial charge in [0.25, 0.3) is 0 Å². The number of rotatable bonds is 3. The Hall–Kier alpha value is -2.78. The van der Waals surface area contributed by atoms with Crippen molar-refractivity contribution in [1.29, 1.82) is 0 Å². The molecule has 5 rings (SSSR count). The molecule has 31 heavy (non-hydrogen) atoms. The van der Waals surface area contributed by atoms with Gasteiger partial charge in [-0.2, -0.15) is 9.47 Å². The van der Waals surface area contributed by atoms with E-state index in [9.17, 15) is 4.79 Å². The highest BCUT2D eigenvalue weighted by molar-refractivity contribution is 7.09. The fraction of sp³-hybridized carbons (Fsp3) is 0.455. The molecule has 0 saturated carbocycles. The molecular formula is C22H25N5O3S. The molecule has 2 aromatic heterocycles. The van der Waals surface area contributed by atoms with Gasteiger partial charge in [0.05, 0.1) is 31.0 Å².